The van der Waals surface area contributed by atoms with Gasteiger partial charge in [-0.15, -0.1) is 23.1 Å². The van der Waals surface area contributed by atoms with Crippen LogP contribution in [0.2, 0.25) is 0 Å². The number of nitrogens with one attached hydrogen (secondary N) is 3. The van der Waals surface area contributed by atoms with Gasteiger partial charge < -0.3 is 16.0 Å². The van der Waals surface area contributed by atoms with Gasteiger partial charge in [0.25, 0.3) is 17.5 Å². The summed E-state index contributed by atoms with van der Waals surface area (Å²) in [7, 11) is 0. The first-order chi connectivity index (χ1) is 25.2. The minimum Gasteiger partial charge on any atom is -0.321 e. The molecule has 0 spiro atoms. The van der Waals surface area contributed by atoms with Crippen molar-refractivity contribution in [2.45, 2.75) is 10.1 Å². The van der Waals surface area contributed by atoms with Crippen LogP contribution in [0.5, 0.6) is 0 Å². The third-order valence-electron chi connectivity index (χ3n) is 7.52. The Bertz CT molecular complexity index is 2230. The lowest BCUT2D eigenvalue weighted by Crippen LogP contribution is -2.30. The maximum absolute atomic E-state index is 13.6. The number of nitro benzene ring substituents is 1. The number of anilines is 2. The van der Waals surface area contributed by atoms with Crippen molar-refractivity contribution in [1.82, 2.24) is 10.3 Å². The molecule has 3 amide bonds. The molecule has 52 heavy (non-hydrogen) atoms. The van der Waals surface area contributed by atoms with Crippen molar-refractivity contribution >= 4 is 63.4 Å². The van der Waals surface area contributed by atoms with Gasteiger partial charge in [0.1, 0.15) is 16.8 Å². The fourth-order valence-corrected chi connectivity index (χ4v) is 6.66. The second-order valence-corrected chi connectivity index (χ2v) is 13.2. The van der Waals surface area contributed by atoms with Crippen molar-refractivity contribution in [3.63, 3.8) is 0 Å². The number of carbonyl (C=O) groups excluding carboxylic acids is 3. The lowest BCUT2D eigenvalue weighted by Gasteiger charge is -2.17. The Morgan fingerprint density at radius 3 is 2.12 bits per heavy atom. The Hall–Kier alpha value is -6.44. The fraction of sp³-hybridized carbons (Fsp3) is 0.0256. The number of hydrogen-bond donors (Lipinski definition) is 3. The largest absolute Gasteiger partial charge is 0.321 e. The topological polar surface area (TPSA) is 143 Å². The van der Waals surface area contributed by atoms with Crippen LogP contribution >= 0.6 is 23.1 Å². The highest BCUT2D eigenvalue weighted by Gasteiger charge is 2.24. The van der Waals surface area contributed by atoms with E-state index >= 15 is 0 Å². The van der Waals surface area contributed by atoms with Crippen LogP contribution in [0.1, 0.15) is 26.7 Å². The Balaban J connectivity index is 1.17. The van der Waals surface area contributed by atoms with Crippen LogP contribution in [0.4, 0.5) is 20.9 Å². The molecule has 0 saturated heterocycles. The first-order valence-electron chi connectivity index (χ1n) is 15.7. The molecule has 6 aromatic rings. The zero-order chi connectivity index (χ0) is 36.5. The van der Waals surface area contributed by atoms with Crippen LogP contribution in [0.25, 0.3) is 17.3 Å². The summed E-state index contributed by atoms with van der Waals surface area (Å²) in [5, 5.41) is 21.0. The second kappa shape index (κ2) is 16.5. The Morgan fingerprint density at radius 2 is 1.46 bits per heavy atom. The van der Waals surface area contributed by atoms with Gasteiger partial charge in [0.05, 0.1) is 10.6 Å². The summed E-state index contributed by atoms with van der Waals surface area (Å²) in [4.78, 5) is 56.0. The van der Waals surface area contributed by atoms with E-state index in [1.807, 2.05) is 30.3 Å². The number of nitro groups is 1. The van der Waals surface area contributed by atoms with Crippen LogP contribution in [0, 0.1) is 15.9 Å². The molecule has 13 heteroatoms. The minimum atomic E-state index is -0.649. The Labute approximate surface area is 305 Å². The number of halogens is 1. The van der Waals surface area contributed by atoms with Crippen molar-refractivity contribution in [1.29, 1.82) is 0 Å². The normalized spacial score (nSPS) is 11.7. The zero-order valence-electron chi connectivity index (χ0n) is 27.1. The van der Waals surface area contributed by atoms with E-state index in [9.17, 15) is 28.9 Å². The predicted octanol–water partition coefficient (Wildman–Crippen LogP) is 8.74. The van der Waals surface area contributed by atoms with Crippen molar-refractivity contribution in [3.05, 3.63) is 177 Å². The van der Waals surface area contributed by atoms with Gasteiger partial charge in [0.15, 0.2) is 5.13 Å². The second-order valence-electron chi connectivity index (χ2n) is 11.1. The number of aromatic nitrogens is 1. The van der Waals surface area contributed by atoms with E-state index in [4.69, 9.17) is 0 Å². The maximum atomic E-state index is 13.6. The standard InChI is InChI=1S/C39H28FN5O5S2/c40-29-15-13-26(14-16-29)34-24-51-39(43-34)44-38(48)35(27-7-3-1-4-8-27)52-32-21-17-30(18-22-32)41-37(47)33(42-36(46)28-9-5-2-6-10-28)23-25-11-19-31(20-12-25)45(49)50/h1-24,35H,(H,41,47)(H,42,46)(H,43,44,48)/b33-23-. The number of amides is 3. The molecular formula is C39H28FN5O5S2. The van der Waals surface area contributed by atoms with Gasteiger partial charge in [-0.25, -0.2) is 9.37 Å². The summed E-state index contributed by atoms with van der Waals surface area (Å²) in [6, 6.07) is 36.1. The summed E-state index contributed by atoms with van der Waals surface area (Å²) in [5.74, 6) is -1.76. The van der Waals surface area contributed by atoms with Gasteiger partial charge in [-0.2, -0.15) is 0 Å². The highest BCUT2D eigenvalue weighted by Crippen LogP contribution is 2.37. The molecule has 1 unspecified atom stereocenters. The van der Waals surface area contributed by atoms with E-state index in [0.29, 0.717) is 27.6 Å². The molecule has 258 valence electrons. The molecule has 0 saturated carbocycles. The third kappa shape index (κ3) is 9.21. The van der Waals surface area contributed by atoms with Crippen LogP contribution in [0.3, 0.4) is 0 Å². The first kappa shape index (κ1) is 35.4. The zero-order valence-corrected chi connectivity index (χ0v) is 28.7. The summed E-state index contributed by atoms with van der Waals surface area (Å²) >= 11 is 2.58. The lowest BCUT2D eigenvalue weighted by molar-refractivity contribution is -0.384. The molecule has 0 aliphatic rings. The number of rotatable bonds is 12. The highest BCUT2D eigenvalue weighted by molar-refractivity contribution is 8.00. The molecule has 1 aromatic heterocycles. The molecule has 1 heterocycles. The van der Waals surface area contributed by atoms with Crippen LogP contribution in [0.15, 0.2) is 149 Å². The van der Waals surface area contributed by atoms with Crippen LogP contribution in [-0.2, 0) is 9.59 Å². The van der Waals surface area contributed by atoms with Crippen LogP contribution < -0.4 is 16.0 Å². The molecule has 0 aliphatic carbocycles. The van der Waals surface area contributed by atoms with Gasteiger partial charge in [-0.1, -0.05) is 48.5 Å². The monoisotopic (exact) mass is 729 g/mol. The number of hydrogen-bond acceptors (Lipinski definition) is 8. The molecule has 1 atom stereocenters. The Kier molecular flexibility index (Phi) is 11.2. The molecule has 10 nitrogen and oxygen atoms in total. The number of nitrogens with zero attached hydrogens (tertiary/aromatic N) is 2. The SMILES string of the molecule is O=C(Nc1ccc(SC(C(=O)Nc2nc(-c3ccc(F)cc3)cs2)c2ccccc2)cc1)/C(=C/c1ccc([N+](=O)[O-])cc1)NC(=O)c1ccccc1. The van der Waals surface area contributed by atoms with Gasteiger partial charge in [-0.3, -0.25) is 24.5 Å². The smallest absolute Gasteiger partial charge is 0.272 e. The van der Waals surface area contributed by atoms with Gasteiger partial charge in [-0.05, 0) is 90.0 Å². The van der Waals surface area contributed by atoms with E-state index in [2.05, 4.69) is 20.9 Å². The third-order valence-corrected chi connectivity index (χ3v) is 9.55. The highest BCUT2D eigenvalue weighted by atomic mass is 32.2. The van der Waals surface area contributed by atoms with E-state index < -0.39 is 22.0 Å². The average Bonchev–Trinajstić information content (AvgIpc) is 3.63. The molecule has 0 radical (unpaired) electrons. The number of thiazole rings is 1. The quantitative estimate of drug-likeness (QED) is 0.0495. The van der Waals surface area contributed by atoms with Crippen molar-refractivity contribution in [2.24, 2.45) is 0 Å². The number of thioether (sulfide) groups is 1. The van der Waals surface area contributed by atoms with Gasteiger partial charge >= 0.3 is 0 Å². The molecule has 6 rings (SSSR count). The van der Waals surface area contributed by atoms with Crippen LogP contribution in [-0.4, -0.2) is 27.6 Å². The molecule has 5 aromatic carbocycles. The number of benzene rings is 5. The predicted molar refractivity (Wildman–Crippen MR) is 201 cm³/mol. The van der Waals surface area contributed by atoms with Crippen molar-refractivity contribution in [3.8, 4) is 11.3 Å². The minimum absolute atomic E-state index is 0.0771. The van der Waals surface area contributed by atoms with Crippen molar-refractivity contribution in [2.75, 3.05) is 10.6 Å². The lowest BCUT2D eigenvalue weighted by atomic mass is 10.1. The Morgan fingerprint density at radius 1 is 0.808 bits per heavy atom. The maximum Gasteiger partial charge on any atom is 0.272 e. The molecular weight excluding hydrogens is 702 g/mol. The average molecular weight is 730 g/mol. The molecule has 0 fully saturated rings. The van der Waals surface area contributed by atoms with Crippen molar-refractivity contribution < 1.29 is 23.7 Å². The number of non-ortho nitro benzene ring substituents is 1. The summed E-state index contributed by atoms with van der Waals surface area (Å²) in [6.45, 7) is 0. The van der Waals surface area contributed by atoms with E-state index in [0.717, 1.165) is 16.0 Å². The van der Waals surface area contributed by atoms with E-state index in [-0.39, 0.29) is 23.1 Å². The van der Waals surface area contributed by atoms with E-state index in [1.165, 1.54) is 65.6 Å². The first-order valence-corrected chi connectivity index (χ1v) is 17.5. The summed E-state index contributed by atoms with van der Waals surface area (Å²) in [5.41, 5.74) is 3.16. The van der Waals surface area contributed by atoms with E-state index in [1.54, 1.807) is 72.1 Å². The molecule has 0 bridgehead atoms. The van der Waals surface area contributed by atoms with Gasteiger partial charge in [0.2, 0.25) is 5.91 Å². The van der Waals surface area contributed by atoms with Gasteiger partial charge in [0, 0.05) is 39.2 Å². The summed E-state index contributed by atoms with van der Waals surface area (Å²) < 4.78 is 13.4. The fourth-order valence-electron chi connectivity index (χ4n) is 4.91. The molecule has 0 aliphatic heterocycles. The molecule has 3 N–H and O–H groups in total. The number of carbonyl (C=O) groups is 3. The summed E-state index contributed by atoms with van der Waals surface area (Å²) in [6.07, 6.45) is 1.43.